The average Bonchev–Trinajstić information content (AvgIpc) is 3.20. The molecule has 0 amide bonds. The van der Waals surface area contributed by atoms with Gasteiger partial charge in [-0.15, -0.1) is 11.6 Å². The molecule has 0 atom stereocenters. The molecule has 14 N–H and O–H groups in total. The number of hydrazine groups is 1. The zero-order valence-corrected chi connectivity index (χ0v) is 35.7. The second-order valence-corrected chi connectivity index (χ2v) is 12.5. The van der Waals surface area contributed by atoms with E-state index in [0.29, 0.717) is 36.3 Å². The number of para-hydroxylation sites is 4. The number of aromatic hydroxyl groups is 1. The monoisotopic (exact) mass is 912 g/mol. The Bertz CT molecular complexity index is 1990. The van der Waals surface area contributed by atoms with E-state index in [1.165, 1.54) is 42.5 Å². The van der Waals surface area contributed by atoms with Crippen LogP contribution in [0.5, 0.6) is 23.0 Å². The molecule has 0 radical (unpaired) electrons. The topological polar surface area (TPSA) is 420 Å². The highest BCUT2D eigenvalue weighted by Gasteiger charge is 2.17. The van der Waals surface area contributed by atoms with E-state index in [1.54, 1.807) is 30.3 Å². The predicted octanol–water partition coefficient (Wildman–Crippen LogP) is 3.82. The number of ether oxygens (including phenoxy) is 3. The van der Waals surface area contributed by atoms with Crippen LogP contribution < -0.4 is 48.8 Å². The Labute approximate surface area is 366 Å². The van der Waals surface area contributed by atoms with Crippen LogP contribution in [0.25, 0.3) is 0 Å². The fourth-order valence-electron chi connectivity index (χ4n) is 3.98. The first kappa shape index (κ1) is 57.6. The third-order valence-electron chi connectivity index (χ3n) is 6.90. The van der Waals surface area contributed by atoms with Crippen LogP contribution in [0.3, 0.4) is 0 Å². The first-order valence-corrected chi connectivity index (χ1v) is 18.2. The maximum absolute atomic E-state index is 10.6. The summed E-state index contributed by atoms with van der Waals surface area (Å²) in [4.78, 5) is 52.6. The van der Waals surface area contributed by atoms with Gasteiger partial charge in [0.25, 0.3) is 28.7 Å². The number of halogens is 1. The highest BCUT2D eigenvalue weighted by Crippen LogP contribution is 2.33. The normalized spacial score (nSPS) is 9.62. The first-order valence-electron chi connectivity index (χ1n) is 17.6. The van der Waals surface area contributed by atoms with E-state index in [4.69, 9.17) is 63.8 Å². The molecule has 0 unspecified atom stereocenters. The molecule has 0 aliphatic heterocycles. The molecule has 0 aromatic heterocycles. The Morgan fingerprint density at radius 3 is 1.06 bits per heavy atom. The lowest BCUT2D eigenvalue weighted by atomic mass is 10.2. The Kier molecular flexibility index (Phi) is 28.7. The van der Waals surface area contributed by atoms with Crippen molar-refractivity contribution >= 4 is 63.1 Å². The van der Waals surface area contributed by atoms with Crippen LogP contribution in [0.15, 0.2) is 72.8 Å². The van der Waals surface area contributed by atoms with E-state index in [-0.39, 0.29) is 57.9 Å². The number of anilines is 4. The summed E-state index contributed by atoms with van der Waals surface area (Å²) in [6.07, 6.45) is 0. The number of nitrogen functional groups attached to an aromatic ring is 4. The van der Waals surface area contributed by atoms with Crippen LogP contribution in [0, 0.1) is 40.5 Å². The molecule has 4 rings (SSSR count). The number of nitro benzene ring substituents is 4. The predicted molar refractivity (Wildman–Crippen MR) is 238 cm³/mol. The number of rotatable bonds is 15. The Morgan fingerprint density at radius 1 is 0.571 bits per heavy atom. The van der Waals surface area contributed by atoms with Crippen LogP contribution in [-0.2, 0) is 4.79 Å². The number of phenols is 1. The Morgan fingerprint density at radius 2 is 0.825 bits per heavy atom. The minimum absolute atomic E-state index is 0.0302. The molecule has 26 nitrogen and oxygen atoms in total. The number of aliphatic carboxylic acids is 1. The van der Waals surface area contributed by atoms with Crippen molar-refractivity contribution in [1.29, 1.82) is 0 Å². The number of likely N-dealkylation sites (N-methyl/N-ethyl adjacent to an activating group) is 2. The van der Waals surface area contributed by atoms with Gasteiger partial charge in [0.05, 0.1) is 25.6 Å². The molecule has 0 spiro atoms. The standard InChI is InChI=1S/2C10H15N3O3.C8H9ClN2O3.C6H6N2O3.C2H4O2.H4N2/c2*1-12(2)6-7-16-9-5-3-4-8(10(9)11)13(14)15;9-4-5-14-7-3-1-2-6(8(7)10)11(12)13;7-6-4(8(10)11)2-1-3-5(6)9;1-2(3)4;1-2/h2*3-5H,6-7,11H2,1-2H3;1-3H,4-5,10H2;1-3,9H,7H2;1H3,(H,3,4);1-2H2. The lowest BCUT2D eigenvalue weighted by molar-refractivity contribution is -0.384. The number of hydrogen-bond donors (Lipinski definition) is 8. The van der Waals surface area contributed by atoms with Gasteiger partial charge in [-0.25, -0.2) is 0 Å². The van der Waals surface area contributed by atoms with Crippen LogP contribution in [0.4, 0.5) is 45.5 Å². The molecule has 0 aliphatic carbocycles. The van der Waals surface area contributed by atoms with Crippen molar-refractivity contribution in [3.8, 4) is 23.0 Å². The van der Waals surface area contributed by atoms with Crippen LogP contribution in [0.1, 0.15) is 6.92 Å². The molecule has 63 heavy (non-hydrogen) atoms. The number of carboxylic acid groups (broad SMARTS) is 1. The lowest BCUT2D eigenvalue weighted by Gasteiger charge is -2.12. The molecule has 0 aliphatic rings. The van der Waals surface area contributed by atoms with Crippen LogP contribution in [0.2, 0.25) is 0 Å². The van der Waals surface area contributed by atoms with E-state index >= 15 is 0 Å². The molecule has 0 saturated carbocycles. The number of carboxylic acids is 1. The maximum atomic E-state index is 10.6. The fraction of sp³-hybridized carbons (Fsp3) is 0.306. The number of nitrogens with two attached hydrogens (primary N) is 6. The van der Waals surface area contributed by atoms with E-state index in [2.05, 4.69) is 11.7 Å². The van der Waals surface area contributed by atoms with Gasteiger partial charge in [0.2, 0.25) is 0 Å². The summed E-state index contributed by atoms with van der Waals surface area (Å²) in [6, 6.07) is 17.4. The summed E-state index contributed by atoms with van der Waals surface area (Å²) >= 11 is 5.41. The molecular weight excluding hydrogens is 860 g/mol. The van der Waals surface area contributed by atoms with Crippen molar-refractivity contribution in [3.05, 3.63) is 113 Å². The first-order chi connectivity index (χ1) is 29.6. The number of nitro groups is 4. The SMILES string of the molecule is CC(=O)O.CN(C)CCOc1cccc([N+](=O)[O-])c1N.CN(C)CCOc1cccc([N+](=O)[O-])c1N.NN.Nc1c(O)cccc1[N+](=O)[O-].Nc1c(OCCCl)cccc1[N+](=O)[O-]. The summed E-state index contributed by atoms with van der Waals surface area (Å²) in [5.41, 5.74) is 21.3. The lowest BCUT2D eigenvalue weighted by Crippen LogP contribution is -2.19. The fourth-order valence-corrected chi connectivity index (χ4v) is 4.05. The van der Waals surface area contributed by atoms with Gasteiger partial charge in [-0.05, 0) is 52.5 Å². The summed E-state index contributed by atoms with van der Waals surface area (Å²) in [5.74, 6) is 8.22. The Balaban J connectivity index is 0. The van der Waals surface area contributed by atoms with E-state index in [1.807, 2.05) is 38.0 Å². The Hall–Kier alpha value is -7.52. The number of phenolic OH excluding ortho intramolecular Hbond substituents is 1. The van der Waals surface area contributed by atoms with Crippen molar-refractivity contribution in [2.45, 2.75) is 6.92 Å². The summed E-state index contributed by atoms with van der Waals surface area (Å²) in [7, 11) is 7.67. The third-order valence-corrected chi connectivity index (χ3v) is 7.06. The van der Waals surface area contributed by atoms with Gasteiger partial charge in [0, 0.05) is 44.3 Å². The highest BCUT2D eigenvalue weighted by molar-refractivity contribution is 6.18. The molecule has 4 aromatic carbocycles. The van der Waals surface area contributed by atoms with Gasteiger partial charge in [-0.1, -0.05) is 24.3 Å². The minimum atomic E-state index is -0.833. The molecule has 0 bridgehead atoms. The molecule has 0 saturated heterocycles. The number of alkyl halides is 1. The number of carbonyl (C=O) groups is 1. The van der Waals surface area contributed by atoms with Gasteiger partial charge < -0.3 is 57.2 Å². The molecule has 27 heteroatoms. The summed E-state index contributed by atoms with van der Waals surface area (Å²) < 4.78 is 15.8. The van der Waals surface area contributed by atoms with Crippen molar-refractivity contribution in [2.75, 3.05) is 89.9 Å². The quantitative estimate of drug-likeness (QED) is 0.0210. The second-order valence-electron chi connectivity index (χ2n) is 12.2. The van der Waals surface area contributed by atoms with Crippen molar-refractivity contribution in [3.63, 3.8) is 0 Å². The van der Waals surface area contributed by atoms with Gasteiger partial charge in [-0.2, -0.15) is 0 Å². The minimum Gasteiger partial charge on any atom is -0.506 e. The molecule has 0 fully saturated rings. The number of nitrogens with zero attached hydrogens (tertiary/aromatic N) is 6. The van der Waals surface area contributed by atoms with Crippen molar-refractivity contribution in [2.24, 2.45) is 11.7 Å². The van der Waals surface area contributed by atoms with Gasteiger partial charge in [-0.3, -0.25) is 56.9 Å². The number of benzene rings is 4. The van der Waals surface area contributed by atoms with Crippen molar-refractivity contribution < 1.29 is 48.9 Å². The van der Waals surface area contributed by atoms with E-state index in [9.17, 15) is 40.5 Å². The zero-order valence-electron chi connectivity index (χ0n) is 35.0. The zero-order chi connectivity index (χ0) is 48.8. The van der Waals surface area contributed by atoms with E-state index < -0.39 is 25.7 Å². The van der Waals surface area contributed by atoms with Crippen molar-refractivity contribution in [1.82, 2.24) is 9.80 Å². The van der Waals surface area contributed by atoms with Gasteiger partial charge >= 0.3 is 0 Å². The molecule has 0 heterocycles. The van der Waals surface area contributed by atoms with Crippen LogP contribution >= 0.6 is 11.6 Å². The summed E-state index contributed by atoms with van der Waals surface area (Å²) in [6.45, 7) is 3.69. The second kappa shape index (κ2) is 31.4. The average molecular weight is 913 g/mol. The molecule has 4 aromatic rings. The largest absolute Gasteiger partial charge is 0.506 e. The van der Waals surface area contributed by atoms with Gasteiger partial charge in [0.1, 0.15) is 42.8 Å². The third kappa shape index (κ3) is 23.2. The smallest absolute Gasteiger partial charge is 0.300 e. The maximum Gasteiger partial charge on any atom is 0.300 e. The highest BCUT2D eigenvalue weighted by atomic mass is 35.5. The molecular formula is C36H53ClN12O14. The van der Waals surface area contributed by atoms with E-state index in [0.717, 1.165) is 20.0 Å². The molecule has 348 valence electrons. The van der Waals surface area contributed by atoms with Gasteiger partial charge in [0.15, 0.2) is 22.7 Å². The van der Waals surface area contributed by atoms with Crippen LogP contribution in [-0.4, -0.2) is 113 Å². The number of hydrogen-bond acceptors (Lipinski definition) is 21. The summed E-state index contributed by atoms with van der Waals surface area (Å²) in [5, 5.41) is 58.3.